The monoisotopic (exact) mass is 298 g/mol. The molecule has 0 amide bonds. The molecule has 3 atom stereocenters. The summed E-state index contributed by atoms with van der Waals surface area (Å²) < 4.78 is 0. The van der Waals surface area contributed by atoms with Gasteiger partial charge >= 0.3 is 0 Å². The Kier molecular flexibility index (Phi) is 5.22. The summed E-state index contributed by atoms with van der Waals surface area (Å²) in [7, 11) is 0. The molecule has 3 unspecified atom stereocenters. The van der Waals surface area contributed by atoms with Crippen LogP contribution in [0.5, 0.6) is 0 Å². The van der Waals surface area contributed by atoms with Gasteiger partial charge in [-0.2, -0.15) is 0 Å². The number of H-pyrrole nitrogens is 1. The summed E-state index contributed by atoms with van der Waals surface area (Å²) in [6.45, 7) is 3.42. The number of aromatic amines is 1. The Hall–Kier alpha value is -1.68. The van der Waals surface area contributed by atoms with Crippen molar-refractivity contribution in [3.05, 3.63) is 48.3 Å². The van der Waals surface area contributed by atoms with Crippen molar-refractivity contribution in [1.82, 2.24) is 20.3 Å². The summed E-state index contributed by atoms with van der Waals surface area (Å²) in [6.07, 6.45) is 14.2. The van der Waals surface area contributed by atoms with E-state index in [0.29, 0.717) is 0 Å². The Morgan fingerprint density at radius 3 is 2.86 bits per heavy atom. The normalized spacial score (nSPS) is 23.3. The van der Waals surface area contributed by atoms with Crippen LogP contribution in [0.1, 0.15) is 56.5 Å². The number of nitrogens with zero attached hydrogens (tertiary/aromatic N) is 2. The molecule has 2 aromatic rings. The zero-order valence-corrected chi connectivity index (χ0v) is 13.3. The zero-order valence-electron chi connectivity index (χ0n) is 13.3. The number of hydrogen-bond acceptors (Lipinski definition) is 3. The van der Waals surface area contributed by atoms with Crippen molar-refractivity contribution < 1.29 is 0 Å². The van der Waals surface area contributed by atoms with Crippen LogP contribution in [0.2, 0.25) is 0 Å². The van der Waals surface area contributed by atoms with Crippen molar-refractivity contribution >= 4 is 0 Å². The van der Waals surface area contributed by atoms with E-state index in [2.05, 4.69) is 39.3 Å². The maximum Gasteiger partial charge on any atom is 0.127 e. The van der Waals surface area contributed by atoms with Crippen molar-refractivity contribution in [1.29, 1.82) is 0 Å². The van der Waals surface area contributed by atoms with Crippen LogP contribution in [0, 0.1) is 11.8 Å². The molecule has 0 spiro atoms. The molecule has 2 N–H and O–H groups in total. The van der Waals surface area contributed by atoms with Gasteiger partial charge in [0.15, 0.2) is 0 Å². The summed E-state index contributed by atoms with van der Waals surface area (Å²) in [4.78, 5) is 11.8. The van der Waals surface area contributed by atoms with E-state index >= 15 is 0 Å². The minimum absolute atomic E-state index is 0.124. The highest BCUT2D eigenvalue weighted by molar-refractivity contribution is 5.22. The Morgan fingerprint density at radius 2 is 2.14 bits per heavy atom. The number of aromatic nitrogens is 3. The molecule has 118 valence electrons. The van der Waals surface area contributed by atoms with Gasteiger partial charge < -0.3 is 10.3 Å². The van der Waals surface area contributed by atoms with Gasteiger partial charge in [-0.3, -0.25) is 4.98 Å². The first-order valence-corrected chi connectivity index (χ1v) is 8.45. The van der Waals surface area contributed by atoms with Crippen molar-refractivity contribution in [3.8, 4) is 0 Å². The minimum Gasteiger partial charge on any atom is -0.347 e. The first-order chi connectivity index (χ1) is 10.8. The molecule has 4 nitrogen and oxygen atoms in total. The minimum atomic E-state index is 0.124. The van der Waals surface area contributed by atoms with Crippen LogP contribution in [0.4, 0.5) is 0 Å². The Labute approximate surface area is 132 Å². The molecule has 1 fully saturated rings. The van der Waals surface area contributed by atoms with Crippen molar-refractivity contribution in [2.75, 3.05) is 6.54 Å². The molecule has 2 heterocycles. The van der Waals surface area contributed by atoms with E-state index in [1.165, 1.54) is 37.7 Å². The third kappa shape index (κ3) is 3.95. The van der Waals surface area contributed by atoms with Crippen LogP contribution >= 0.6 is 0 Å². The standard InChI is InChI=1S/C18H26N4/c1-14-3-2-4-15(13-14)5-10-20-17(18-21-11-12-22-18)16-6-8-19-9-7-16/h6-9,11-12,14-15,17,20H,2-5,10,13H2,1H3,(H,21,22). The number of nitrogens with one attached hydrogen (secondary N) is 2. The second-order valence-corrected chi connectivity index (χ2v) is 6.57. The summed E-state index contributed by atoms with van der Waals surface area (Å²) in [6, 6.07) is 4.24. The van der Waals surface area contributed by atoms with Crippen LogP contribution in [-0.2, 0) is 0 Å². The molecule has 3 rings (SSSR count). The van der Waals surface area contributed by atoms with Crippen LogP contribution < -0.4 is 5.32 Å². The molecule has 0 saturated heterocycles. The summed E-state index contributed by atoms with van der Waals surface area (Å²) >= 11 is 0. The van der Waals surface area contributed by atoms with Crippen LogP contribution in [-0.4, -0.2) is 21.5 Å². The number of imidazole rings is 1. The molecule has 22 heavy (non-hydrogen) atoms. The lowest BCUT2D eigenvalue weighted by atomic mass is 9.81. The maximum atomic E-state index is 4.43. The second kappa shape index (κ2) is 7.54. The highest BCUT2D eigenvalue weighted by Gasteiger charge is 2.20. The third-order valence-corrected chi connectivity index (χ3v) is 4.78. The number of rotatable bonds is 6. The van der Waals surface area contributed by atoms with Crippen LogP contribution in [0.15, 0.2) is 36.9 Å². The Morgan fingerprint density at radius 1 is 1.27 bits per heavy atom. The van der Waals surface area contributed by atoms with Crippen molar-refractivity contribution in [2.24, 2.45) is 11.8 Å². The first kappa shape index (κ1) is 15.2. The third-order valence-electron chi connectivity index (χ3n) is 4.78. The smallest absolute Gasteiger partial charge is 0.127 e. The second-order valence-electron chi connectivity index (χ2n) is 6.57. The van der Waals surface area contributed by atoms with Crippen LogP contribution in [0.25, 0.3) is 0 Å². The average molecular weight is 298 g/mol. The summed E-state index contributed by atoms with van der Waals surface area (Å²) in [5, 5.41) is 3.68. The molecule has 1 aliphatic carbocycles. The predicted molar refractivity (Wildman–Crippen MR) is 88.4 cm³/mol. The lowest BCUT2D eigenvalue weighted by Crippen LogP contribution is -2.27. The molecule has 0 radical (unpaired) electrons. The SMILES string of the molecule is CC1CCCC(CCNC(c2ccncc2)c2ncc[nH]2)C1. The van der Waals surface area contributed by atoms with E-state index in [1.807, 2.05) is 24.8 Å². The van der Waals surface area contributed by atoms with Gasteiger partial charge in [0.2, 0.25) is 0 Å². The highest BCUT2D eigenvalue weighted by atomic mass is 15.0. The van der Waals surface area contributed by atoms with Crippen molar-refractivity contribution in [2.45, 2.75) is 45.1 Å². The molecule has 1 aliphatic rings. The molecule has 0 aliphatic heterocycles. The van der Waals surface area contributed by atoms with Gasteiger partial charge in [-0.15, -0.1) is 0 Å². The van der Waals surface area contributed by atoms with Gasteiger partial charge in [0, 0.05) is 24.8 Å². The van der Waals surface area contributed by atoms with Gasteiger partial charge in [-0.1, -0.05) is 26.2 Å². The fraction of sp³-hybridized carbons (Fsp3) is 0.556. The molecule has 2 aromatic heterocycles. The average Bonchev–Trinajstić information content (AvgIpc) is 3.07. The van der Waals surface area contributed by atoms with Gasteiger partial charge in [0.25, 0.3) is 0 Å². The van der Waals surface area contributed by atoms with E-state index in [1.54, 1.807) is 0 Å². The molecule has 1 saturated carbocycles. The Balaban J connectivity index is 1.59. The number of pyridine rings is 1. The zero-order chi connectivity index (χ0) is 15.2. The largest absolute Gasteiger partial charge is 0.347 e. The molecule has 0 bridgehead atoms. The van der Waals surface area contributed by atoms with E-state index < -0.39 is 0 Å². The van der Waals surface area contributed by atoms with Crippen LogP contribution in [0.3, 0.4) is 0 Å². The quantitative estimate of drug-likeness (QED) is 0.855. The predicted octanol–water partition coefficient (Wildman–Crippen LogP) is 3.70. The topological polar surface area (TPSA) is 53.6 Å². The van der Waals surface area contributed by atoms with Gasteiger partial charge in [0.1, 0.15) is 5.82 Å². The maximum absolute atomic E-state index is 4.43. The molecule has 4 heteroatoms. The van der Waals surface area contributed by atoms with E-state index in [0.717, 1.165) is 24.2 Å². The van der Waals surface area contributed by atoms with E-state index in [4.69, 9.17) is 0 Å². The first-order valence-electron chi connectivity index (χ1n) is 8.45. The van der Waals surface area contributed by atoms with Gasteiger partial charge in [0.05, 0.1) is 6.04 Å². The lowest BCUT2D eigenvalue weighted by Gasteiger charge is -2.27. The Bertz CT molecular complexity index is 537. The van der Waals surface area contributed by atoms with Crippen molar-refractivity contribution in [3.63, 3.8) is 0 Å². The van der Waals surface area contributed by atoms with E-state index in [9.17, 15) is 0 Å². The highest BCUT2D eigenvalue weighted by Crippen LogP contribution is 2.30. The van der Waals surface area contributed by atoms with Gasteiger partial charge in [-0.25, -0.2) is 4.98 Å². The fourth-order valence-corrected chi connectivity index (χ4v) is 3.62. The molecular formula is C18H26N4. The number of hydrogen-bond donors (Lipinski definition) is 2. The van der Waals surface area contributed by atoms with E-state index in [-0.39, 0.29) is 6.04 Å². The molecular weight excluding hydrogens is 272 g/mol. The van der Waals surface area contributed by atoms with Gasteiger partial charge in [-0.05, 0) is 48.9 Å². The fourth-order valence-electron chi connectivity index (χ4n) is 3.62. The molecule has 0 aromatic carbocycles. The lowest BCUT2D eigenvalue weighted by molar-refractivity contribution is 0.266. The summed E-state index contributed by atoms with van der Waals surface area (Å²) in [5.41, 5.74) is 1.21. The summed E-state index contributed by atoms with van der Waals surface area (Å²) in [5.74, 6) is 2.76.